The molecule has 0 aliphatic rings. The predicted octanol–water partition coefficient (Wildman–Crippen LogP) is 0.837. The number of carbonyl (C=O) groups excluding carboxylic acids is 1. The third kappa shape index (κ3) is 4.67. The molecule has 0 aliphatic carbocycles. The van der Waals surface area contributed by atoms with Gasteiger partial charge in [-0.05, 0) is 19.9 Å². The maximum absolute atomic E-state index is 12.0. The molecule has 0 aromatic carbocycles. The molecule has 8 nitrogen and oxygen atoms in total. The molecule has 8 heteroatoms. The first-order valence-electron chi connectivity index (χ1n) is 7.51. The zero-order valence-electron chi connectivity index (χ0n) is 13.9. The number of hydrogen-bond donors (Lipinski definition) is 2. The van der Waals surface area contributed by atoms with Gasteiger partial charge in [-0.25, -0.2) is 9.97 Å². The van der Waals surface area contributed by atoms with E-state index in [4.69, 9.17) is 0 Å². The SMILES string of the molecule is Cc1nc(NCCNC(=O)C(C)n2cccn2)cc(N(C)C)n1. The number of anilines is 2. The molecule has 23 heavy (non-hydrogen) atoms. The number of nitrogens with zero attached hydrogens (tertiary/aromatic N) is 5. The van der Waals surface area contributed by atoms with Crippen molar-refractivity contribution in [1.29, 1.82) is 0 Å². The van der Waals surface area contributed by atoms with Crippen molar-refractivity contribution in [2.45, 2.75) is 19.9 Å². The normalized spacial score (nSPS) is 11.8. The van der Waals surface area contributed by atoms with Crippen molar-refractivity contribution in [3.63, 3.8) is 0 Å². The monoisotopic (exact) mass is 317 g/mol. The maximum atomic E-state index is 12.0. The van der Waals surface area contributed by atoms with Crippen LogP contribution in [0, 0.1) is 6.92 Å². The minimum atomic E-state index is -0.327. The molecule has 2 rings (SSSR count). The van der Waals surface area contributed by atoms with Crippen LogP contribution in [0.1, 0.15) is 18.8 Å². The van der Waals surface area contributed by atoms with Crippen LogP contribution in [0.5, 0.6) is 0 Å². The molecule has 1 unspecified atom stereocenters. The fraction of sp³-hybridized carbons (Fsp3) is 0.467. The molecule has 2 aromatic heterocycles. The summed E-state index contributed by atoms with van der Waals surface area (Å²) in [6, 6.07) is 3.35. The topological polar surface area (TPSA) is 88.0 Å². The average molecular weight is 317 g/mol. The van der Waals surface area contributed by atoms with Gasteiger partial charge in [0.1, 0.15) is 23.5 Å². The summed E-state index contributed by atoms with van der Waals surface area (Å²) in [6.07, 6.45) is 3.43. The van der Waals surface area contributed by atoms with E-state index in [9.17, 15) is 4.79 Å². The first-order valence-corrected chi connectivity index (χ1v) is 7.51. The lowest BCUT2D eigenvalue weighted by atomic mass is 10.3. The number of carbonyl (C=O) groups is 1. The van der Waals surface area contributed by atoms with Crippen LogP contribution < -0.4 is 15.5 Å². The summed E-state index contributed by atoms with van der Waals surface area (Å²) in [7, 11) is 3.87. The van der Waals surface area contributed by atoms with E-state index in [1.807, 2.05) is 38.9 Å². The lowest BCUT2D eigenvalue weighted by Crippen LogP contribution is -2.34. The highest BCUT2D eigenvalue weighted by Crippen LogP contribution is 2.12. The Morgan fingerprint density at radius 3 is 2.78 bits per heavy atom. The molecule has 0 spiro atoms. The van der Waals surface area contributed by atoms with Gasteiger partial charge < -0.3 is 15.5 Å². The van der Waals surface area contributed by atoms with Crippen molar-refractivity contribution in [1.82, 2.24) is 25.1 Å². The molecular formula is C15H23N7O. The van der Waals surface area contributed by atoms with Crippen LogP contribution in [-0.4, -0.2) is 52.8 Å². The molecule has 0 saturated heterocycles. The van der Waals surface area contributed by atoms with Gasteiger partial charge in [0.2, 0.25) is 5.91 Å². The van der Waals surface area contributed by atoms with Gasteiger partial charge in [0.15, 0.2) is 0 Å². The van der Waals surface area contributed by atoms with Crippen molar-refractivity contribution in [2.75, 3.05) is 37.4 Å². The van der Waals surface area contributed by atoms with E-state index in [2.05, 4.69) is 25.7 Å². The molecule has 0 aliphatic heterocycles. The minimum absolute atomic E-state index is 0.0663. The lowest BCUT2D eigenvalue weighted by molar-refractivity contribution is -0.124. The second kappa shape index (κ2) is 7.57. The van der Waals surface area contributed by atoms with E-state index in [0.29, 0.717) is 18.9 Å². The van der Waals surface area contributed by atoms with Gasteiger partial charge >= 0.3 is 0 Å². The summed E-state index contributed by atoms with van der Waals surface area (Å²) in [5.41, 5.74) is 0. The largest absolute Gasteiger partial charge is 0.368 e. The van der Waals surface area contributed by atoms with E-state index in [1.54, 1.807) is 23.1 Å². The zero-order valence-corrected chi connectivity index (χ0v) is 13.9. The highest BCUT2D eigenvalue weighted by molar-refractivity contribution is 5.79. The predicted molar refractivity (Wildman–Crippen MR) is 89.5 cm³/mol. The Bertz CT molecular complexity index is 639. The van der Waals surface area contributed by atoms with Crippen LogP contribution in [0.25, 0.3) is 0 Å². The van der Waals surface area contributed by atoms with Crippen LogP contribution in [-0.2, 0) is 4.79 Å². The van der Waals surface area contributed by atoms with E-state index >= 15 is 0 Å². The Hall–Kier alpha value is -2.64. The van der Waals surface area contributed by atoms with Gasteiger partial charge in [-0.2, -0.15) is 5.10 Å². The molecule has 0 bridgehead atoms. The molecule has 2 heterocycles. The average Bonchev–Trinajstić information content (AvgIpc) is 3.04. The summed E-state index contributed by atoms with van der Waals surface area (Å²) in [6.45, 7) is 4.75. The lowest BCUT2D eigenvalue weighted by Gasteiger charge is -2.15. The number of amides is 1. The third-order valence-corrected chi connectivity index (χ3v) is 3.31. The summed E-state index contributed by atoms with van der Waals surface area (Å²) in [5, 5.41) is 10.1. The van der Waals surface area contributed by atoms with Gasteiger partial charge in [0.05, 0.1) is 0 Å². The summed E-state index contributed by atoms with van der Waals surface area (Å²) >= 11 is 0. The van der Waals surface area contributed by atoms with E-state index in [1.165, 1.54) is 0 Å². The quantitative estimate of drug-likeness (QED) is 0.736. The molecule has 2 aromatic rings. The Kier molecular flexibility index (Phi) is 5.51. The summed E-state index contributed by atoms with van der Waals surface area (Å²) in [4.78, 5) is 22.6. The van der Waals surface area contributed by atoms with Crippen molar-refractivity contribution >= 4 is 17.5 Å². The van der Waals surface area contributed by atoms with E-state index < -0.39 is 0 Å². The molecule has 1 amide bonds. The zero-order chi connectivity index (χ0) is 16.8. The van der Waals surface area contributed by atoms with Gasteiger partial charge in [-0.1, -0.05) is 0 Å². The highest BCUT2D eigenvalue weighted by Gasteiger charge is 2.13. The van der Waals surface area contributed by atoms with E-state index in [-0.39, 0.29) is 11.9 Å². The molecule has 0 saturated carbocycles. The summed E-state index contributed by atoms with van der Waals surface area (Å²) in [5.74, 6) is 2.23. The highest BCUT2D eigenvalue weighted by atomic mass is 16.2. The van der Waals surface area contributed by atoms with E-state index in [0.717, 1.165) is 11.6 Å². The first-order chi connectivity index (χ1) is 11.0. The Labute approximate surface area is 135 Å². The smallest absolute Gasteiger partial charge is 0.244 e. The number of rotatable bonds is 7. The minimum Gasteiger partial charge on any atom is -0.368 e. The second-order valence-electron chi connectivity index (χ2n) is 5.43. The number of nitrogens with one attached hydrogen (secondary N) is 2. The van der Waals surface area contributed by atoms with Crippen LogP contribution in [0.3, 0.4) is 0 Å². The fourth-order valence-corrected chi connectivity index (χ4v) is 2.03. The first kappa shape index (κ1) is 16.7. The van der Waals surface area contributed by atoms with Crippen molar-refractivity contribution in [3.8, 4) is 0 Å². The number of aryl methyl sites for hydroxylation is 1. The van der Waals surface area contributed by atoms with Crippen LogP contribution >= 0.6 is 0 Å². The standard InChI is InChI=1S/C15H23N7O/c1-11(22-9-5-6-18-22)15(23)17-8-7-16-13-10-14(21(3)4)20-12(2)19-13/h5-6,9-11H,7-8H2,1-4H3,(H,17,23)(H,16,19,20). The fourth-order valence-electron chi connectivity index (χ4n) is 2.03. The summed E-state index contributed by atoms with van der Waals surface area (Å²) < 4.78 is 1.62. The Balaban J connectivity index is 1.80. The van der Waals surface area contributed by atoms with Gasteiger partial charge in [-0.15, -0.1) is 0 Å². The molecular weight excluding hydrogens is 294 g/mol. The van der Waals surface area contributed by atoms with Gasteiger partial charge in [0, 0.05) is 45.6 Å². The van der Waals surface area contributed by atoms with Crippen molar-refractivity contribution in [3.05, 3.63) is 30.4 Å². The molecule has 1 atom stereocenters. The number of aromatic nitrogens is 4. The van der Waals surface area contributed by atoms with Crippen LogP contribution in [0.4, 0.5) is 11.6 Å². The van der Waals surface area contributed by atoms with Crippen LogP contribution in [0.2, 0.25) is 0 Å². The Morgan fingerprint density at radius 2 is 2.13 bits per heavy atom. The Morgan fingerprint density at radius 1 is 1.35 bits per heavy atom. The van der Waals surface area contributed by atoms with Crippen molar-refractivity contribution < 1.29 is 4.79 Å². The number of hydrogen-bond acceptors (Lipinski definition) is 6. The molecule has 124 valence electrons. The molecule has 0 fully saturated rings. The van der Waals surface area contributed by atoms with Gasteiger partial charge in [-0.3, -0.25) is 9.48 Å². The molecule has 0 radical (unpaired) electrons. The van der Waals surface area contributed by atoms with Crippen molar-refractivity contribution in [2.24, 2.45) is 0 Å². The van der Waals surface area contributed by atoms with Gasteiger partial charge in [0.25, 0.3) is 0 Å². The maximum Gasteiger partial charge on any atom is 0.244 e. The molecule has 2 N–H and O–H groups in total. The van der Waals surface area contributed by atoms with Crippen LogP contribution in [0.15, 0.2) is 24.5 Å². The second-order valence-corrected chi connectivity index (χ2v) is 5.43. The third-order valence-electron chi connectivity index (χ3n) is 3.31.